The highest BCUT2D eigenvalue weighted by Gasteiger charge is 2.53. The summed E-state index contributed by atoms with van der Waals surface area (Å²) in [6.45, 7) is 4.76. The van der Waals surface area contributed by atoms with Crippen molar-refractivity contribution in [1.82, 2.24) is 15.2 Å². The summed E-state index contributed by atoms with van der Waals surface area (Å²) in [6.07, 6.45) is 1.09. The van der Waals surface area contributed by atoms with Gasteiger partial charge in [0.05, 0.1) is 19.0 Å². The molecule has 0 aliphatic carbocycles. The molecule has 2 aromatic heterocycles. The first-order valence-electron chi connectivity index (χ1n) is 9.60. The molecule has 2 fully saturated rings. The van der Waals surface area contributed by atoms with Gasteiger partial charge in [0.1, 0.15) is 36.4 Å². The van der Waals surface area contributed by atoms with Gasteiger partial charge in [-0.1, -0.05) is 6.07 Å². The van der Waals surface area contributed by atoms with Crippen LogP contribution in [0.5, 0.6) is 11.6 Å². The fourth-order valence-corrected chi connectivity index (χ4v) is 3.47. The molecule has 2 aliphatic rings. The Hall–Kier alpha value is -2.43. The van der Waals surface area contributed by atoms with E-state index in [0.717, 1.165) is 6.92 Å². The summed E-state index contributed by atoms with van der Waals surface area (Å²) >= 11 is 0. The van der Waals surface area contributed by atoms with Gasteiger partial charge in [-0.2, -0.15) is 19.0 Å². The lowest BCUT2D eigenvalue weighted by atomic mass is 10.0. The van der Waals surface area contributed by atoms with E-state index in [0.29, 0.717) is 5.75 Å². The smallest absolute Gasteiger partial charge is 0.287 e. The van der Waals surface area contributed by atoms with Gasteiger partial charge in [-0.15, -0.1) is 0 Å². The maximum Gasteiger partial charge on any atom is 0.287 e. The van der Waals surface area contributed by atoms with E-state index in [-0.39, 0.29) is 24.8 Å². The van der Waals surface area contributed by atoms with Gasteiger partial charge in [0.25, 0.3) is 5.92 Å². The van der Waals surface area contributed by atoms with Crippen LogP contribution in [0.15, 0.2) is 36.7 Å². The van der Waals surface area contributed by atoms with Crippen LogP contribution in [0.3, 0.4) is 0 Å². The quantitative estimate of drug-likeness (QED) is 0.701. The Morgan fingerprint density at radius 1 is 1.17 bits per heavy atom. The van der Waals surface area contributed by atoms with Crippen molar-refractivity contribution in [2.45, 2.75) is 56.9 Å². The number of hydrogen-bond acceptors (Lipinski definition) is 8. The van der Waals surface area contributed by atoms with Crippen molar-refractivity contribution in [3.05, 3.63) is 42.4 Å². The molecule has 0 amide bonds. The van der Waals surface area contributed by atoms with E-state index in [1.165, 1.54) is 30.6 Å². The van der Waals surface area contributed by atoms with Crippen LogP contribution in [0.1, 0.15) is 26.5 Å². The second-order valence-electron chi connectivity index (χ2n) is 7.73. The molecule has 2 aromatic rings. The number of fused-ring (bicyclic) bond motifs is 1. The molecule has 10 heteroatoms. The molecule has 4 rings (SSSR count). The number of rotatable bonds is 6. The van der Waals surface area contributed by atoms with E-state index >= 15 is 0 Å². The van der Waals surface area contributed by atoms with Crippen LogP contribution in [-0.4, -0.2) is 58.6 Å². The van der Waals surface area contributed by atoms with E-state index in [4.69, 9.17) is 23.7 Å². The van der Waals surface area contributed by atoms with Crippen molar-refractivity contribution in [3.63, 3.8) is 0 Å². The van der Waals surface area contributed by atoms with Gasteiger partial charge in [0.15, 0.2) is 11.9 Å². The van der Waals surface area contributed by atoms with E-state index in [1.807, 2.05) is 0 Å². The Kier molecular flexibility index (Phi) is 5.56. The number of aromatic nitrogens is 3. The second kappa shape index (κ2) is 8.01. The van der Waals surface area contributed by atoms with Gasteiger partial charge < -0.3 is 23.7 Å². The zero-order valence-electron chi connectivity index (χ0n) is 16.8. The largest absolute Gasteiger partial charge is 0.489 e. The van der Waals surface area contributed by atoms with Crippen LogP contribution < -0.4 is 9.47 Å². The van der Waals surface area contributed by atoms with Crippen LogP contribution in [0.4, 0.5) is 8.78 Å². The number of ether oxygens (including phenoxy) is 5. The van der Waals surface area contributed by atoms with Gasteiger partial charge in [-0.25, -0.2) is 4.98 Å². The minimum absolute atomic E-state index is 0.0761. The maximum atomic E-state index is 13.6. The molecule has 30 heavy (non-hydrogen) atoms. The molecule has 162 valence electrons. The number of alkyl halides is 2. The zero-order chi connectivity index (χ0) is 21.4. The molecule has 0 unspecified atom stereocenters. The van der Waals surface area contributed by atoms with E-state index in [2.05, 4.69) is 15.2 Å². The van der Waals surface area contributed by atoms with Crippen molar-refractivity contribution < 1.29 is 32.5 Å². The number of nitrogens with zero attached hydrogens (tertiary/aromatic N) is 3. The molecule has 0 radical (unpaired) electrons. The molecule has 8 nitrogen and oxygen atoms in total. The van der Waals surface area contributed by atoms with E-state index in [9.17, 15) is 8.78 Å². The Balaban J connectivity index is 1.47. The Bertz CT molecular complexity index is 865. The third-order valence-corrected chi connectivity index (χ3v) is 4.79. The highest BCUT2D eigenvalue weighted by atomic mass is 19.3. The van der Waals surface area contributed by atoms with Crippen molar-refractivity contribution in [2.24, 2.45) is 0 Å². The molecule has 0 bridgehead atoms. The minimum atomic E-state index is -3.07. The van der Waals surface area contributed by atoms with Crippen LogP contribution in [0.2, 0.25) is 0 Å². The zero-order valence-corrected chi connectivity index (χ0v) is 16.8. The van der Waals surface area contributed by atoms with Crippen molar-refractivity contribution in [2.75, 3.05) is 13.2 Å². The molecule has 2 aliphatic heterocycles. The third kappa shape index (κ3) is 4.66. The normalized spacial score (nSPS) is 28.0. The van der Waals surface area contributed by atoms with Crippen molar-refractivity contribution in [1.29, 1.82) is 0 Å². The number of halogens is 2. The molecule has 4 atom stereocenters. The third-order valence-electron chi connectivity index (χ3n) is 4.79. The molecular formula is C20H23F2N3O5. The lowest BCUT2D eigenvalue weighted by Crippen LogP contribution is -2.55. The molecule has 2 saturated heterocycles. The van der Waals surface area contributed by atoms with Crippen molar-refractivity contribution in [3.8, 4) is 11.6 Å². The van der Waals surface area contributed by atoms with Gasteiger partial charge in [0.2, 0.25) is 5.88 Å². The summed E-state index contributed by atoms with van der Waals surface area (Å²) < 4.78 is 56.8. The van der Waals surface area contributed by atoms with Gasteiger partial charge in [0, 0.05) is 19.1 Å². The van der Waals surface area contributed by atoms with Crippen LogP contribution in [-0.2, 0) is 20.1 Å². The maximum absolute atomic E-state index is 13.6. The summed E-state index contributed by atoms with van der Waals surface area (Å²) in [5.74, 6) is -3.28. The molecule has 4 heterocycles. The molecule has 0 N–H and O–H groups in total. The van der Waals surface area contributed by atoms with Crippen LogP contribution >= 0.6 is 0 Å². The fraction of sp³-hybridized carbons (Fsp3) is 0.550. The Morgan fingerprint density at radius 3 is 2.70 bits per heavy atom. The summed E-state index contributed by atoms with van der Waals surface area (Å²) in [7, 11) is 0. The fourth-order valence-electron chi connectivity index (χ4n) is 3.47. The van der Waals surface area contributed by atoms with Crippen LogP contribution in [0.25, 0.3) is 0 Å². The molecular weight excluding hydrogens is 400 g/mol. The average Bonchev–Trinajstić information content (AvgIpc) is 3.03. The lowest BCUT2D eigenvalue weighted by molar-refractivity contribution is -0.156. The topological polar surface area (TPSA) is 84.8 Å². The summed E-state index contributed by atoms with van der Waals surface area (Å²) in [6, 6.07) is 5.95. The highest BCUT2D eigenvalue weighted by Crippen LogP contribution is 2.37. The van der Waals surface area contributed by atoms with Crippen molar-refractivity contribution >= 4 is 0 Å². The second-order valence-corrected chi connectivity index (χ2v) is 7.73. The Labute approximate surface area is 172 Å². The number of pyridine rings is 1. The average molecular weight is 423 g/mol. The van der Waals surface area contributed by atoms with E-state index < -0.39 is 36.1 Å². The first-order valence-corrected chi connectivity index (χ1v) is 9.60. The van der Waals surface area contributed by atoms with Crippen LogP contribution in [0, 0.1) is 0 Å². The molecule has 0 aromatic carbocycles. The summed E-state index contributed by atoms with van der Waals surface area (Å²) in [5.41, 5.74) is -0.366. The SMILES string of the molecule is CC1(C)O[C@@H]2[C@H](O1)[C@@H](Oc1cccc(C(C)(F)F)n1)CO[C@@H]2COc1ccnnc1. The first kappa shape index (κ1) is 20.8. The summed E-state index contributed by atoms with van der Waals surface area (Å²) in [4.78, 5) is 3.92. The van der Waals surface area contributed by atoms with Gasteiger partial charge >= 0.3 is 0 Å². The molecule has 0 spiro atoms. The number of hydrogen-bond donors (Lipinski definition) is 0. The van der Waals surface area contributed by atoms with Gasteiger partial charge in [-0.3, -0.25) is 0 Å². The highest BCUT2D eigenvalue weighted by molar-refractivity contribution is 5.19. The predicted molar refractivity (Wildman–Crippen MR) is 99.3 cm³/mol. The molecule has 0 saturated carbocycles. The monoisotopic (exact) mass is 423 g/mol. The first-order chi connectivity index (χ1) is 14.2. The Morgan fingerprint density at radius 2 is 1.97 bits per heavy atom. The standard InChI is InChI=1S/C20H23F2N3O5/c1-19(2)29-17-13(10-26-12-7-8-23-24-9-12)27-11-14(18(17)30-19)28-16-6-4-5-15(25-16)20(3,21)22/h4-9,13-14,17-18H,10-11H2,1-3H3/t13-,14+,17+,18-/m1/s1. The predicted octanol–water partition coefficient (Wildman–Crippen LogP) is 2.73. The van der Waals surface area contributed by atoms with Gasteiger partial charge in [-0.05, 0) is 19.9 Å². The minimum Gasteiger partial charge on any atom is -0.489 e. The van der Waals surface area contributed by atoms with E-state index in [1.54, 1.807) is 19.9 Å². The summed E-state index contributed by atoms with van der Waals surface area (Å²) in [5, 5.41) is 7.48. The lowest BCUT2D eigenvalue weighted by Gasteiger charge is -2.36.